The Kier molecular flexibility index (Phi) is 7.24. The fourth-order valence-electron chi connectivity index (χ4n) is 3.44. The Morgan fingerprint density at radius 2 is 1.94 bits per heavy atom. The molecular formula is C23H20Cl2N6O3. The summed E-state index contributed by atoms with van der Waals surface area (Å²) in [6, 6.07) is 10.0. The zero-order valence-electron chi connectivity index (χ0n) is 18.0. The number of anilines is 1. The van der Waals surface area contributed by atoms with Gasteiger partial charge in [-0.25, -0.2) is 5.43 Å². The van der Waals surface area contributed by atoms with Crippen LogP contribution in [0.2, 0.25) is 10.0 Å². The molecule has 9 nitrogen and oxygen atoms in total. The van der Waals surface area contributed by atoms with Gasteiger partial charge in [0.2, 0.25) is 0 Å². The Morgan fingerprint density at radius 1 is 1.12 bits per heavy atom. The number of fused-ring (bicyclic) bond motifs is 1. The molecule has 0 radical (unpaired) electrons. The molecule has 2 aromatic carbocycles. The largest absolute Gasteiger partial charge is 0.496 e. The fourth-order valence-corrected chi connectivity index (χ4v) is 3.74. The number of amides is 2. The van der Waals surface area contributed by atoms with E-state index in [0.29, 0.717) is 28.6 Å². The SMILES string of the molecule is COc1ccc(/C=N/NC(=O)C(=O)Nc2ccc(Cl)c(Cl)c2)cc1CN1N=NC2C=CC=CC21. The second-order valence-electron chi connectivity index (χ2n) is 7.41. The molecule has 2 N–H and O–H groups in total. The lowest BCUT2D eigenvalue weighted by Gasteiger charge is -2.24. The van der Waals surface area contributed by atoms with Crippen LogP contribution in [0.5, 0.6) is 5.75 Å². The number of nitrogens with zero attached hydrogens (tertiary/aromatic N) is 4. The van der Waals surface area contributed by atoms with Crippen LogP contribution in [0.15, 0.2) is 76.1 Å². The lowest BCUT2D eigenvalue weighted by Crippen LogP contribution is -2.32. The zero-order chi connectivity index (χ0) is 24.1. The molecule has 2 atom stereocenters. The molecule has 2 unspecified atom stereocenters. The number of carbonyl (C=O) groups excluding carboxylic acids is 2. The third kappa shape index (κ3) is 5.44. The van der Waals surface area contributed by atoms with Gasteiger partial charge in [0, 0.05) is 11.3 Å². The molecule has 1 aliphatic heterocycles. The number of hydrogen-bond acceptors (Lipinski definition) is 7. The molecule has 0 spiro atoms. The van der Waals surface area contributed by atoms with Crippen molar-refractivity contribution in [1.82, 2.24) is 10.4 Å². The molecule has 0 saturated carbocycles. The molecule has 1 heterocycles. The first-order valence-corrected chi connectivity index (χ1v) is 11.0. The second kappa shape index (κ2) is 10.5. The first-order chi connectivity index (χ1) is 16.4. The number of hydrazone groups is 1. The fraction of sp³-hybridized carbons (Fsp3) is 0.174. The van der Waals surface area contributed by atoms with Crippen molar-refractivity contribution in [1.29, 1.82) is 0 Å². The summed E-state index contributed by atoms with van der Waals surface area (Å²) >= 11 is 11.8. The molecule has 0 saturated heterocycles. The molecular weight excluding hydrogens is 479 g/mol. The van der Waals surface area contributed by atoms with Crippen molar-refractivity contribution in [2.24, 2.45) is 15.4 Å². The summed E-state index contributed by atoms with van der Waals surface area (Å²) in [4.78, 5) is 24.1. The first kappa shape index (κ1) is 23.5. The number of halogens is 2. The Balaban J connectivity index is 1.38. The minimum absolute atomic E-state index is 0.00555. The number of methoxy groups -OCH3 is 1. The number of ether oxygens (including phenoxy) is 1. The highest BCUT2D eigenvalue weighted by molar-refractivity contribution is 6.42. The monoisotopic (exact) mass is 498 g/mol. The summed E-state index contributed by atoms with van der Waals surface area (Å²) in [6.45, 7) is 0.478. The van der Waals surface area contributed by atoms with Gasteiger partial charge in [-0.05, 0) is 42.0 Å². The average molecular weight is 499 g/mol. The smallest absolute Gasteiger partial charge is 0.329 e. The van der Waals surface area contributed by atoms with Gasteiger partial charge in [-0.15, -0.1) is 0 Å². The van der Waals surface area contributed by atoms with Crippen molar-refractivity contribution in [3.05, 3.63) is 81.9 Å². The normalized spacial score (nSPS) is 18.3. The first-order valence-electron chi connectivity index (χ1n) is 10.2. The van der Waals surface area contributed by atoms with Gasteiger partial charge in [0.05, 0.1) is 36.0 Å². The van der Waals surface area contributed by atoms with Crippen LogP contribution in [0.1, 0.15) is 11.1 Å². The van der Waals surface area contributed by atoms with E-state index in [2.05, 4.69) is 32.3 Å². The van der Waals surface area contributed by atoms with E-state index >= 15 is 0 Å². The van der Waals surface area contributed by atoms with Crippen molar-refractivity contribution in [2.75, 3.05) is 12.4 Å². The number of allylic oxidation sites excluding steroid dienone is 2. The predicted octanol–water partition coefficient (Wildman–Crippen LogP) is 4.14. The summed E-state index contributed by atoms with van der Waals surface area (Å²) in [5.41, 5.74) is 4.11. The van der Waals surface area contributed by atoms with Gasteiger partial charge in [-0.1, -0.05) is 52.7 Å². The molecule has 0 aromatic heterocycles. The number of hydrogen-bond donors (Lipinski definition) is 2. The van der Waals surface area contributed by atoms with E-state index in [1.165, 1.54) is 24.4 Å². The quantitative estimate of drug-likeness (QED) is 0.354. The van der Waals surface area contributed by atoms with Crippen LogP contribution in [0.4, 0.5) is 5.69 Å². The number of rotatable bonds is 6. The maximum Gasteiger partial charge on any atom is 0.329 e. The third-order valence-electron chi connectivity index (χ3n) is 5.12. The maximum absolute atomic E-state index is 12.1. The van der Waals surface area contributed by atoms with Crippen molar-refractivity contribution >= 4 is 46.9 Å². The second-order valence-corrected chi connectivity index (χ2v) is 8.22. The highest BCUT2D eigenvalue weighted by atomic mass is 35.5. The van der Waals surface area contributed by atoms with Crippen molar-refractivity contribution < 1.29 is 14.3 Å². The molecule has 0 bridgehead atoms. The summed E-state index contributed by atoms with van der Waals surface area (Å²) in [6.07, 6.45) is 9.44. The van der Waals surface area contributed by atoms with Crippen LogP contribution in [-0.2, 0) is 16.1 Å². The lowest BCUT2D eigenvalue weighted by atomic mass is 10.0. The van der Waals surface area contributed by atoms with Crippen molar-refractivity contribution in [3.63, 3.8) is 0 Å². The molecule has 174 valence electrons. The predicted molar refractivity (Wildman–Crippen MR) is 130 cm³/mol. The van der Waals surface area contributed by atoms with Crippen molar-refractivity contribution in [3.8, 4) is 5.75 Å². The van der Waals surface area contributed by atoms with Crippen LogP contribution < -0.4 is 15.5 Å². The minimum atomic E-state index is -0.934. The van der Waals surface area contributed by atoms with Gasteiger partial charge in [-0.3, -0.25) is 14.6 Å². The Morgan fingerprint density at radius 3 is 2.74 bits per heavy atom. The van der Waals surface area contributed by atoms with Gasteiger partial charge in [-0.2, -0.15) is 10.2 Å². The number of nitrogens with one attached hydrogen (secondary N) is 2. The topological polar surface area (TPSA) is 108 Å². The Bertz CT molecular complexity index is 1230. The molecule has 1 aliphatic carbocycles. The molecule has 4 rings (SSSR count). The van der Waals surface area contributed by atoms with E-state index in [-0.39, 0.29) is 17.1 Å². The summed E-state index contributed by atoms with van der Waals surface area (Å²) in [5, 5.41) is 17.4. The van der Waals surface area contributed by atoms with E-state index in [9.17, 15) is 9.59 Å². The highest BCUT2D eigenvalue weighted by Crippen LogP contribution is 2.28. The van der Waals surface area contributed by atoms with Crippen molar-refractivity contribution in [2.45, 2.75) is 18.6 Å². The molecule has 11 heteroatoms. The van der Waals surface area contributed by atoms with Crippen LogP contribution in [0.25, 0.3) is 0 Å². The summed E-state index contributed by atoms with van der Waals surface area (Å²) in [7, 11) is 1.59. The van der Waals surface area contributed by atoms with Crippen LogP contribution >= 0.6 is 23.2 Å². The standard InChI is InChI=1S/C23H20Cl2N6O3/c1-34-21-9-6-14(10-15(21)13-31-20-5-3-2-4-19(20)28-30-31)12-26-29-23(33)22(32)27-16-7-8-17(24)18(25)11-16/h2-12,19-20H,13H2,1H3,(H,27,32)(H,29,33)/b26-12+. The molecule has 2 amide bonds. The van der Waals surface area contributed by atoms with Crippen LogP contribution in [-0.4, -0.2) is 42.2 Å². The van der Waals surface area contributed by atoms with E-state index in [1.807, 2.05) is 29.3 Å². The van der Waals surface area contributed by atoms with E-state index in [4.69, 9.17) is 27.9 Å². The highest BCUT2D eigenvalue weighted by Gasteiger charge is 2.30. The van der Waals surface area contributed by atoms with Crippen LogP contribution in [0.3, 0.4) is 0 Å². The lowest BCUT2D eigenvalue weighted by molar-refractivity contribution is -0.136. The number of benzene rings is 2. The van der Waals surface area contributed by atoms with E-state index < -0.39 is 11.8 Å². The molecule has 2 aromatic rings. The van der Waals surface area contributed by atoms with Crippen LogP contribution in [0, 0.1) is 0 Å². The number of carbonyl (C=O) groups is 2. The van der Waals surface area contributed by atoms with Gasteiger partial charge >= 0.3 is 11.8 Å². The molecule has 0 fully saturated rings. The maximum atomic E-state index is 12.1. The van der Waals surface area contributed by atoms with E-state index in [1.54, 1.807) is 19.2 Å². The van der Waals surface area contributed by atoms with Gasteiger partial charge in [0.25, 0.3) is 0 Å². The Labute approximate surface area is 205 Å². The summed E-state index contributed by atoms with van der Waals surface area (Å²) in [5.74, 6) is -1.14. The minimum Gasteiger partial charge on any atom is -0.496 e. The average Bonchev–Trinajstić information content (AvgIpc) is 3.24. The summed E-state index contributed by atoms with van der Waals surface area (Å²) < 4.78 is 5.48. The van der Waals surface area contributed by atoms with Gasteiger partial charge in [0.15, 0.2) is 0 Å². The van der Waals surface area contributed by atoms with Gasteiger partial charge in [0.1, 0.15) is 11.8 Å². The van der Waals surface area contributed by atoms with E-state index in [0.717, 1.165) is 5.56 Å². The molecule has 34 heavy (non-hydrogen) atoms. The van der Waals surface area contributed by atoms with Gasteiger partial charge < -0.3 is 10.1 Å². The Hall–Kier alpha value is -3.69. The zero-order valence-corrected chi connectivity index (χ0v) is 19.5. The molecule has 2 aliphatic rings. The third-order valence-corrected chi connectivity index (χ3v) is 5.86.